The van der Waals surface area contributed by atoms with Crippen LogP contribution in [0, 0.1) is 5.92 Å². The summed E-state index contributed by atoms with van der Waals surface area (Å²) in [6, 6.07) is 19.1. The Hall–Kier alpha value is -2.88. The monoisotopic (exact) mass is 479 g/mol. The summed E-state index contributed by atoms with van der Waals surface area (Å²) in [6.07, 6.45) is 4.17. The summed E-state index contributed by atoms with van der Waals surface area (Å²) in [6.45, 7) is 2.12. The van der Waals surface area contributed by atoms with Gasteiger partial charge in [-0.1, -0.05) is 48.5 Å². The van der Waals surface area contributed by atoms with E-state index in [9.17, 15) is 8.42 Å². The molecule has 1 aliphatic heterocycles. The highest BCUT2D eigenvalue weighted by molar-refractivity contribution is 7.89. The van der Waals surface area contributed by atoms with E-state index < -0.39 is 10.0 Å². The molecule has 1 N–H and O–H groups in total. The molecule has 4 aromatic rings. The quantitative estimate of drug-likeness (QED) is 0.433. The van der Waals surface area contributed by atoms with Crippen LogP contribution in [-0.4, -0.2) is 42.4 Å². The average molecular weight is 480 g/mol. The Labute approximate surface area is 197 Å². The Bertz CT molecular complexity index is 1330. The maximum atomic E-state index is 12.9. The Balaban J connectivity index is 1.17. The van der Waals surface area contributed by atoms with Crippen molar-refractivity contribution >= 4 is 37.6 Å². The van der Waals surface area contributed by atoms with Crippen molar-refractivity contribution in [3.63, 3.8) is 0 Å². The maximum Gasteiger partial charge on any atom is 0.242 e. The number of anilines is 1. The zero-order valence-electron chi connectivity index (χ0n) is 18.1. The van der Waals surface area contributed by atoms with Gasteiger partial charge in [-0.25, -0.2) is 18.1 Å². The third-order valence-electron chi connectivity index (χ3n) is 5.99. The fraction of sp³-hybridized carbons (Fsp3) is 0.292. The zero-order chi connectivity index (χ0) is 22.7. The van der Waals surface area contributed by atoms with Crippen molar-refractivity contribution in [3.05, 3.63) is 78.2 Å². The molecule has 33 heavy (non-hydrogen) atoms. The van der Waals surface area contributed by atoms with E-state index in [1.165, 1.54) is 17.1 Å². The van der Waals surface area contributed by atoms with Crippen LogP contribution >= 0.6 is 11.5 Å². The molecule has 0 bridgehead atoms. The number of rotatable bonds is 7. The lowest BCUT2D eigenvalue weighted by molar-refractivity contribution is 0.401. The van der Waals surface area contributed by atoms with Crippen molar-refractivity contribution in [1.29, 1.82) is 0 Å². The molecule has 0 radical (unpaired) electrons. The minimum atomic E-state index is -3.62. The summed E-state index contributed by atoms with van der Waals surface area (Å²) in [5.41, 5.74) is 1.71. The van der Waals surface area contributed by atoms with Crippen LogP contribution in [0.3, 0.4) is 0 Å². The molecule has 5 rings (SSSR count). The molecule has 0 atom stereocenters. The van der Waals surface area contributed by atoms with Crippen LogP contribution in [0.5, 0.6) is 0 Å². The van der Waals surface area contributed by atoms with Gasteiger partial charge in [-0.2, -0.15) is 4.37 Å². The van der Waals surface area contributed by atoms with Crippen molar-refractivity contribution in [2.75, 3.05) is 24.5 Å². The molecule has 9 heteroatoms. The van der Waals surface area contributed by atoms with Gasteiger partial charge in [0.1, 0.15) is 10.7 Å². The summed E-state index contributed by atoms with van der Waals surface area (Å²) in [4.78, 5) is 11.5. The van der Waals surface area contributed by atoms with E-state index in [1.807, 2.05) is 36.4 Å². The highest BCUT2D eigenvalue weighted by Crippen LogP contribution is 2.26. The van der Waals surface area contributed by atoms with Crippen LogP contribution in [0.1, 0.15) is 24.2 Å². The molecule has 1 fully saturated rings. The third-order valence-corrected chi connectivity index (χ3v) is 8.26. The molecular weight excluding hydrogens is 454 g/mol. The molecular formula is C24H25N5O2S2. The van der Waals surface area contributed by atoms with E-state index >= 15 is 0 Å². The summed E-state index contributed by atoms with van der Waals surface area (Å²) < 4.78 is 33.2. The van der Waals surface area contributed by atoms with Gasteiger partial charge in [-0.05, 0) is 36.5 Å². The van der Waals surface area contributed by atoms with Crippen LogP contribution in [0.25, 0.3) is 10.9 Å². The lowest BCUT2D eigenvalue weighted by atomic mass is 9.97. The number of nitrogens with one attached hydrogen (secondary N) is 1. The number of hydrogen-bond acceptors (Lipinski definition) is 7. The molecule has 2 aromatic carbocycles. The fourth-order valence-corrected chi connectivity index (χ4v) is 6.18. The van der Waals surface area contributed by atoms with Gasteiger partial charge >= 0.3 is 0 Å². The van der Waals surface area contributed by atoms with Crippen LogP contribution in [0.4, 0.5) is 5.13 Å². The second-order valence-corrected chi connectivity index (χ2v) is 10.7. The molecule has 0 aliphatic carbocycles. The number of benzene rings is 2. The first-order chi connectivity index (χ1) is 16.1. The summed E-state index contributed by atoms with van der Waals surface area (Å²) >= 11 is 1.44. The lowest BCUT2D eigenvalue weighted by Crippen LogP contribution is -2.38. The fourth-order valence-electron chi connectivity index (χ4n) is 4.15. The first-order valence-corrected chi connectivity index (χ1v) is 13.3. The minimum absolute atomic E-state index is 0.234. The second-order valence-electron chi connectivity index (χ2n) is 8.27. The number of pyridine rings is 1. The van der Waals surface area contributed by atoms with Gasteiger partial charge in [0.25, 0.3) is 0 Å². The van der Waals surface area contributed by atoms with Crippen LogP contribution in [-0.2, 0) is 16.4 Å². The van der Waals surface area contributed by atoms with E-state index in [-0.39, 0.29) is 10.8 Å². The van der Waals surface area contributed by atoms with E-state index in [4.69, 9.17) is 4.98 Å². The maximum absolute atomic E-state index is 12.9. The summed E-state index contributed by atoms with van der Waals surface area (Å²) in [5.74, 6) is 1.13. The highest BCUT2D eigenvalue weighted by Gasteiger charge is 2.25. The SMILES string of the molecule is O=S(=O)(NCC1CCN(c2nc(Cc3ccccc3)ns2)CC1)c1cccc2cccnc12. The molecule has 2 aromatic heterocycles. The van der Waals surface area contributed by atoms with Crippen molar-refractivity contribution in [2.45, 2.75) is 24.2 Å². The van der Waals surface area contributed by atoms with Gasteiger partial charge in [-0.15, -0.1) is 0 Å². The van der Waals surface area contributed by atoms with Crippen molar-refractivity contribution < 1.29 is 8.42 Å². The smallest absolute Gasteiger partial charge is 0.242 e. The molecule has 0 amide bonds. The predicted octanol–water partition coefficient (Wildman–Crippen LogP) is 3.87. The minimum Gasteiger partial charge on any atom is -0.347 e. The Morgan fingerprint density at radius 2 is 1.79 bits per heavy atom. The second kappa shape index (κ2) is 9.54. The first kappa shape index (κ1) is 21.9. The molecule has 1 aliphatic rings. The summed E-state index contributed by atoms with van der Waals surface area (Å²) in [7, 11) is -3.62. The zero-order valence-corrected chi connectivity index (χ0v) is 19.7. The largest absolute Gasteiger partial charge is 0.347 e. The van der Waals surface area contributed by atoms with Crippen molar-refractivity contribution in [3.8, 4) is 0 Å². The summed E-state index contributed by atoms with van der Waals surface area (Å²) in [5, 5.41) is 1.76. The molecule has 0 unspecified atom stereocenters. The highest BCUT2D eigenvalue weighted by atomic mass is 32.2. The van der Waals surface area contributed by atoms with E-state index in [0.717, 1.165) is 48.7 Å². The van der Waals surface area contributed by atoms with E-state index in [1.54, 1.807) is 18.3 Å². The number of hydrogen-bond donors (Lipinski definition) is 1. The van der Waals surface area contributed by atoms with Gasteiger partial charge in [0, 0.05) is 49.2 Å². The number of fused-ring (bicyclic) bond motifs is 1. The number of sulfonamides is 1. The number of para-hydroxylation sites is 1. The number of piperidine rings is 1. The average Bonchev–Trinajstić information content (AvgIpc) is 3.32. The number of nitrogens with zero attached hydrogens (tertiary/aromatic N) is 4. The standard InChI is InChI=1S/C24H25N5O2S2/c30-33(31,21-10-4-8-20-9-5-13-25-23(20)21)26-17-19-11-14-29(15-12-19)24-27-22(28-32-24)16-18-6-2-1-3-7-18/h1-10,13,19,26H,11-12,14-17H2. The van der Waals surface area contributed by atoms with Gasteiger partial charge in [-0.3, -0.25) is 4.98 Å². The van der Waals surface area contributed by atoms with Gasteiger partial charge in [0.2, 0.25) is 15.2 Å². The van der Waals surface area contributed by atoms with Crippen molar-refractivity contribution in [1.82, 2.24) is 19.1 Å². The first-order valence-electron chi connectivity index (χ1n) is 11.0. The van der Waals surface area contributed by atoms with Crippen LogP contribution < -0.4 is 9.62 Å². The van der Waals surface area contributed by atoms with E-state index in [0.29, 0.717) is 12.1 Å². The third kappa shape index (κ3) is 5.05. The molecule has 0 spiro atoms. The Morgan fingerprint density at radius 1 is 1.00 bits per heavy atom. The Kier molecular flexibility index (Phi) is 6.34. The van der Waals surface area contributed by atoms with Crippen molar-refractivity contribution in [2.24, 2.45) is 5.92 Å². The van der Waals surface area contributed by atoms with Crippen LogP contribution in [0.15, 0.2) is 71.8 Å². The normalized spacial score (nSPS) is 15.2. The number of aromatic nitrogens is 3. The topological polar surface area (TPSA) is 88.1 Å². The molecule has 0 saturated carbocycles. The predicted molar refractivity (Wildman–Crippen MR) is 131 cm³/mol. The molecule has 7 nitrogen and oxygen atoms in total. The van der Waals surface area contributed by atoms with Crippen LogP contribution in [0.2, 0.25) is 0 Å². The van der Waals surface area contributed by atoms with Gasteiger partial charge in [0.05, 0.1) is 5.52 Å². The molecule has 170 valence electrons. The molecule has 3 heterocycles. The lowest BCUT2D eigenvalue weighted by Gasteiger charge is -2.31. The van der Waals surface area contributed by atoms with Gasteiger partial charge < -0.3 is 4.90 Å². The van der Waals surface area contributed by atoms with Gasteiger partial charge in [0.15, 0.2) is 0 Å². The molecule has 1 saturated heterocycles. The Morgan fingerprint density at radius 3 is 2.61 bits per heavy atom. The van der Waals surface area contributed by atoms with E-state index in [2.05, 4.69) is 31.1 Å².